The first-order valence-electron chi connectivity index (χ1n) is 9.48. The lowest BCUT2D eigenvalue weighted by Gasteiger charge is -2.26. The number of fused-ring (bicyclic) bond motifs is 1. The molecule has 0 aliphatic carbocycles. The van der Waals surface area contributed by atoms with Gasteiger partial charge in [-0.15, -0.1) is 11.8 Å². The third-order valence-corrected chi connectivity index (χ3v) is 6.59. The molecule has 4 nitrogen and oxygen atoms in total. The summed E-state index contributed by atoms with van der Waals surface area (Å²) in [5, 5.41) is 2.93. The van der Waals surface area contributed by atoms with Gasteiger partial charge in [-0.1, -0.05) is 18.2 Å². The van der Waals surface area contributed by atoms with E-state index in [1.807, 2.05) is 23.1 Å². The second kappa shape index (κ2) is 7.39. The second-order valence-electron chi connectivity index (χ2n) is 7.36. The molecular weight excluding hydrogens is 356 g/mol. The van der Waals surface area contributed by atoms with Crippen LogP contribution < -0.4 is 5.32 Å². The molecule has 2 aliphatic rings. The summed E-state index contributed by atoms with van der Waals surface area (Å²) >= 11 is 1.66. The van der Waals surface area contributed by atoms with E-state index in [4.69, 9.17) is 0 Å². The molecule has 1 atom stereocenters. The first-order valence-corrected chi connectivity index (χ1v) is 10.5. The molecule has 2 amide bonds. The van der Waals surface area contributed by atoms with Crippen molar-refractivity contribution in [2.45, 2.75) is 44.0 Å². The highest BCUT2D eigenvalue weighted by Crippen LogP contribution is 2.36. The van der Waals surface area contributed by atoms with Crippen LogP contribution in [-0.4, -0.2) is 29.0 Å². The van der Waals surface area contributed by atoms with Gasteiger partial charge in [-0.3, -0.25) is 9.59 Å². The molecule has 5 heteroatoms. The molecule has 0 aromatic heterocycles. The topological polar surface area (TPSA) is 49.4 Å². The third-order valence-electron chi connectivity index (χ3n) is 5.52. The Morgan fingerprint density at radius 1 is 1.15 bits per heavy atom. The van der Waals surface area contributed by atoms with Crippen LogP contribution >= 0.6 is 11.8 Å². The number of anilines is 1. The van der Waals surface area contributed by atoms with Gasteiger partial charge < -0.3 is 10.2 Å². The van der Waals surface area contributed by atoms with E-state index in [0.717, 1.165) is 35.7 Å². The Bertz CT molecular complexity index is 909. The second-order valence-corrected chi connectivity index (χ2v) is 8.49. The maximum atomic E-state index is 13.2. The zero-order valence-electron chi connectivity index (χ0n) is 15.7. The lowest BCUT2D eigenvalue weighted by atomic mass is 9.99. The van der Waals surface area contributed by atoms with E-state index >= 15 is 0 Å². The number of nitrogens with zero attached hydrogens (tertiary/aromatic N) is 1. The predicted octanol–water partition coefficient (Wildman–Crippen LogP) is 4.72. The molecule has 0 bridgehead atoms. The van der Waals surface area contributed by atoms with Crippen LogP contribution in [-0.2, 0) is 4.79 Å². The summed E-state index contributed by atoms with van der Waals surface area (Å²) in [5.41, 5.74) is 5.15. The number of benzene rings is 2. The molecular formula is C22H24N2O2S. The van der Waals surface area contributed by atoms with Crippen molar-refractivity contribution in [2.75, 3.05) is 17.6 Å². The summed E-state index contributed by atoms with van der Waals surface area (Å²) in [6.07, 6.45) is 2.51. The number of nitrogens with one attached hydrogen (secondary N) is 1. The number of hydrogen-bond donors (Lipinski definition) is 1. The summed E-state index contributed by atoms with van der Waals surface area (Å²) in [5.74, 6) is 0.828. The Morgan fingerprint density at radius 2 is 2.00 bits per heavy atom. The van der Waals surface area contributed by atoms with Crippen LogP contribution in [0.25, 0.3) is 0 Å². The van der Waals surface area contributed by atoms with Gasteiger partial charge in [0.25, 0.3) is 5.91 Å². The number of aryl methyl sites for hydroxylation is 2. The largest absolute Gasteiger partial charge is 0.332 e. The van der Waals surface area contributed by atoms with Gasteiger partial charge in [0, 0.05) is 29.2 Å². The summed E-state index contributed by atoms with van der Waals surface area (Å²) in [6.45, 7) is 5.00. The Balaban J connectivity index is 1.61. The predicted molar refractivity (Wildman–Crippen MR) is 109 cm³/mol. The van der Waals surface area contributed by atoms with Crippen LogP contribution in [0.3, 0.4) is 0 Å². The highest BCUT2D eigenvalue weighted by Gasteiger charge is 2.31. The molecule has 0 spiro atoms. The zero-order valence-corrected chi connectivity index (χ0v) is 16.6. The summed E-state index contributed by atoms with van der Waals surface area (Å²) < 4.78 is 0. The fourth-order valence-electron chi connectivity index (χ4n) is 3.85. The molecule has 1 unspecified atom stereocenters. The van der Waals surface area contributed by atoms with Gasteiger partial charge >= 0.3 is 0 Å². The lowest BCUT2D eigenvalue weighted by molar-refractivity contribution is -0.115. The Kier molecular flexibility index (Phi) is 4.96. The maximum absolute atomic E-state index is 13.2. The average molecular weight is 381 g/mol. The number of thioether (sulfide) groups is 1. The molecule has 2 aromatic rings. The van der Waals surface area contributed by atoms with Crippen molar-refractivity contribution in [3.63, 3.8) is 0 Å². The molecule has 1 N–H and O–H groups in total. The van der Waals surface area contributed by atoms with Crippen molar-refractivity contribution in [1.82, 2.24) is 4.90 Å². The number of amides is 2. The fraction of sp³-hybridized carbons (Fsp3) is 0.364. The van der Waals surface area contributed by atoms with Gasteiger partial charge in [-0.2, -0.15) is 0 Å². The minimum Gasteiger partial charge on any atom is -0.332 e. The van der Waals surface area contributed by atoms with Crippen LogP contribution in [0.1, 0.15) is 52.4 Å². The van der Waals surface area contributed by atoms with E-state index in [1.165, 1.54) is 16.7 Å². The van der Waals surface area contributed by atoms with Crippen molar-refractivity contribution in [3.05, 3.63) is 58.7 Å². The highest BCUT2D eigenvalue weighted by molar-refractivity contribution is 7.99. The molecule has 0 saturated carbocycles. The van der Waals surface area contributed by atoms with Gasteiger partial charge in [0.15, 0.2) is 0 Å². The SMILES string of the molecule is Cc1ccc(C2CCCN2C(=O)c2ccc3c(c2)NC(=O)CCS3)cc1C. The number of rotatable bonds is 2. The number of hydrogen-bond acceptors (Lipinski definition) is 3. The molecule has 1 saturated heterocycles. The Labute approximate surface area is 164 Å². The fourth-order valence-corrected chi connectivity index (χ4v) is 4.78. The molecule has 2 aromatic carbocycles. The van der Waals surface area contributed by atoms with Crippen molar-refractivity contribution < 1.29 is 9.59 Å². The van der Waals surface area contributed by atoms with Gasteiger partial charge in [0.2, 0.25) is 5.91 Å². The van der Waals surface area contributed by atoms with Gasteiger partial charge in [0.1, 0.15) is 0 Å². The van der Waals surface area contributed by atoms with Crippen molar-refractivity contribution in [2.24, 2.45) is 0 Å². The molecule has 27 heavy (non-hydrogen) atoms. The van der Waals surface area contributed by atoms with Crippen molar-refractivity contribution in [3.8, 4) is 0 Å². The monoisotopic (exact) mass is 380 g/mol. The summed E-state index contributed by atoms with van der Waals surface area (Å²) in [6, 6.07) is 12.3. The first-order chi connectivity index (χ1) is 13.0. The van der Waals surface area contributed by atoms with E-state index in [9.17, 15) is 9.59 Å². The van der Waals surface area contributed by atoms with Crippen LogP contribution in [0.5, 0.6) is 0 Å². The summed E-state index contributed by atoms with van der Waals surface area (Å²) in [4.78, 5) is 28.1. The van der Waals surface area contributed by atoms with E-state index < -0.39 is 0 Å². The van der Waals surface area contributed by atoms with E-state index in [1.54, 1.807) is 11.8 Å². The quantitative estimate of drug-likeness (QED) is 0.820. The third kappa shape index (κ3) is 3.61. The smallest absolute Gasteiger partial charge is 0.254 e. The van der Waals surface area contributed by atoms with Crippen LogP contribution in [0, 0.1) is 13.8 Å². The molecule has 2 heterocycles. The van der Waals surface area contributed by atoms with E-state index in [-0.39, 0.29) is 17.9 Å². The molecule has 140 valence electrons. The molecule has 0 radical (unpaired) electrons. The Hall–Kier alpha value is -2.27. The van der Waals surface area contributed by atoms with Crippen LogP contribution in [0.4, 0.5) is 5.69 Å². The van der Waals surface area contributed by atoms with Crippen molar-refractivity contribution in [1.29, 1.82) is 0 Å². The van der Waals surface area contributed by atoms with Crippen molar-refractivity contribution >= 4 is 29.3 Å². The van der Waals surface area contributed by atoms with Crippen LogP contribution in [0.15, 0.2) is 41.3 Å². The molecule has 4 rings (SSSR count). The zero-order chi connectivity index (χ0) is 19.0. The number of carbonyl (C=O) groups is 2. The number of carbonyl (C=O) groups excluding carboxylic acids is 2. The lowest BCUT2D eigenvalue weighted by Crippen LogP contribution is -2.30. The minimum atomic E-state index is 0.0139. The van der Waals surface area contributed by atoms with E-state index in [0.29, 0.717) is 12.0 Å². The highest BCUT2D eigenvalue weighted by atomic mass is 32.2. The molecule has 1 fully saturated rings. The standard InChI is InChI=1S/C22H24N2O2S/c1-14-5-6-16(12-15(14)2)19-4-3-10-24(19)22(26)17-7-8-20-18(13-17)23-21(25)9-11-27-20/h5-8,12-13,19H,3-4,9-11H2,1-2H3,(H,23,25). The van der Waals surface area contributed by atoms with Gasteiger partial charge in [0.05, 0.1) is 11.7 Å². The molecule has 2 aliphatic heterocycles. The Morgan fingerprint density at radius 3 is 2.81 bits per heavy atom. The van der Waals surface area contributed by atoms with Crippen LogP contribution in [0.2, 0.25) is 0 Å². The minimum absolute atomic E-state index is 0.0139. The van der Waals surface area contributed by atoms with Gasteiger partial charge in [-0.25, -0.2) is 0 Å². The first kappa shape index (κ1) is 18.1. The average Bonchev–Trinajstić information content (AvgIpc) is 3.06. The normalized spacial score (nSPS) is 19.4. The number of likely N-dealkylation sites (tertiary alicyclic amines) is 1. The van der Waals surface area contributed by atoms with E-state index in [2.05, 4.69) is 37.4 Å². The van der Waals surface area contributed by atoms with Gasteiger partial charge in [-0.05, 0) is 61.6 Å². The maximum Gasteiger partial charge on any atom is 0.254 e. The summed E-state index contributed by atoms with van der Waals surface area (Å²) in [7, 11) is 0.